The number of hydrogen-bond acceptors (Lipinski definition) is 6. The average Bonchev–Trinajstić information content (AvgIpc) is 3.43. The molecule has 1 N–H and O–H groups in total. The van der Waals surface area contributed by atoms with Crippen LogP contribution in [0.15, 0.2) is 24.4 Å². The summed E-state index contributed by atoms with van der Waals surface area (Å²) in [7, 11) is 0. The monoisotopic (exact) mass is 400 g/mol. The van der Waals surface area contributed by atoms with Crippen LogP contribution in [0.25, 0.3) is 11.4 Å². The van der Waals surface area contributed by atoms with E-state index in [4.69, 9.17) is 9.47 Å². The van der Waals surface area contributed by atoms with Crippen LogP contribution in [0.2, 0.25) is 0 Å². The third-order valence-corrected chi connectivity index (χ3v) is 5.57. The van der Waals surface area contributed by atoms with Crippen molar-refractivity contribution in [2.75, 3.05) is 30.1 Å². The Kier molecular flexibility index (Phi) is 4.37. The summed E-state index contributed by atoms with van der Waals surface area (Å²) in [5.74, 6) is 2.06. The minimum Gasteiger partial charge on any atom is -0.491 e. The first-order valence-corrected chi connectivity index (χ1v) is 9.76. The molecule has 5 rings (SSSR count). The van der Waals surface area contributed by atoms with E-state index in [9.17, 15) is 14.0 Å². The highest BCUT2D eigenvalue weighted by atomic mass is 19.1. The average molecular weight is 400 g/mol. The van der Waals surface area contributed by atoms with Gasteiger partial charge in [-0.3, -0.25) is 4.90 Å². The molecule has 0 bridgehead atoms. The quantitative estimate of drug-likeness (QED) is 0.751. The number of rotatable bonds is 6. The number of nitrogens with zero attached hydrogens (tertiary/aromatic N) is 3. The van der Waals surface area contributed by atoms with Crippen molar-refractivity contribution in [1.82, 2.24) is 9.55 Å². The van der Waals surface area contributed by atoms with Crippen LogP contribution in [0.3, 0.4) is 0 Å². The van der Waals surface area contributed by atoms with E-state index in [1.54, 1.807) is 6.20 Å². The standard InChI is InChI=1S/C20H21FN4O4/c21-8-14-11-29-20(27)25(14)18-9-24-5-6-28-17-7-13(3-4-15(17)19(24)23-18)22-16(10-26)12-1-2-12/h3-4,7,9-10,12,14,16,22H,1-2,5-6,8,11H2/t14-,16-/m1/s1. The Morgan fingerprint density at radius 3 is 2.97 bits per heavy atom. The first-order valence-electron chi connectivity index (χ1n) is 9.76. The molecule has 29 heavy (non-hydrogen) atoms. The van der Waals surface area contributed by atoms with Crippen molar-refractivity contribution in [3.05, 3.63) is 24.4 Å². The SMILES string of the molecule is O=C[C@@H](Nc1ccc2c(c1)OCCn1cc(N3C(=O)OC[C@H]3CF)nc1-2)C1CC1. The number of imidazole rings is 1. The number of aromatic nitrogens is 2. The molecule has 2 atom stereocenters. The molecule has 1 amide bonds. The Bertz CT molecular complexity index is 958. The molecule has 2 aromatic rings. The number of aldehydes is 1. The molecule has 1 saturated heterocycles. The fourth-order valence-corrected chi connectivity index (χ4v) is 3.84. The third kappa shape index (κ3) is 3.20. The zero-order valence-electron chi connectivity index (χ0n) is 15.7. The Hall–Kier alpha value is -3.10. The smallest absolute Gasteiger partial charge is 0.416 e. The molecular weight excluding hydrogens is 379 g/mol. The van der Waals surface area contributed by atoms with Crippen LogP contribution >= 0.6 is 0 Å². The molecular formula is C20H21FN4O4. The van der Waals surface area contributed by atoms with E-state index in [0.29, 0.717) is 36.5 Å². The highest BCUT2D eigenvalue weighted by Crippen LogP contribution is 2.38. The van der Waals surface area contributed by atoms with Gasteiger partial charge in [0.25, 0.3) is 0 Å². The van der Waals surface area contributed by atoms with E-state index in [-0.39, 0.29) is 12.6 Å². The molecule has 3 heterocycles. The molecule has 152 valence electrons. The van der Waals surface area contributed by atoms with Crippen LogP contribution in [0, 0.1) is 5.92 Å². The third-order valence-electron chi connectivity index (χ3n) is 5.57. The number of hydrogen-bond donors (Lipinski definition) is 1. The number of fused-ring (bicyclic) bond motifs is 3. The molecule has 8 nitrogen and oxygen atoms in total. The summed E-state index contributed by atoms with van der Waals surface area (Å²) in [6, 6.07) is 4.79. The lowest BCUT2D eigenvalue weighted by Gasteiger charge is -2.16. The maximum Gasteiger partial charge on any atom is 0.416 e. The summed E-state index contributed by atoms with van der Waals surface area (Å²) >= 11 is 0. The molecule has 1 saturated carbocycles. The number of carbonyl (C=O) groups is 2. The van der Waals surface area contributed by atoms with E-state index < -0.39 is 18.8 Å². The van der Waals surface area contributed by atoms with Crippen LogP contribution in [0.1, 0.15) is 12.8 Å². The van der Waals surface area contributed by atoms with Gasteiger partial charge in [-0.2, -0.15) is 0 Å². The van der Waals surface area contributed by atoms with E-state index >= 15 is 0 Å². The minimum absolute atomic E-state index is 0.0190. The van der Waals surface area contributed by atoms with Gasteiger partial charge in [-0.05, 0) is 30.9 Å². The van der Waals surface area contributed by atoms with E-state index in [0.717, 1.165) is 30.4 Å². The zero-order valence-corrected chi connectivity index (χ0v) is 15.7. The second kappa shape index (κ2) is 7.06. The topological polar surface area (TPSA) is 85.7 Å². The number of halogens is 1. The fraction of sp³-hybridized carbons (Fsp3) is 0.450. The van der Waals surface area contributed by atoms with Crippen molar-refractivity contribution in [3.63, 3.8) is 0 Å². The highest BCUT2D eigenvalue weighted by molar-refractivity contribution is 5.89. The molecule has 1 aromatic heterocycles. The molecule has 0 radical (unpaired) electrons. The summed E-state index contributed by atoms with van der Waals surface area (Å²) in [5.41, 5.74) is 1.59. The number of ether oxygens (including phenoxy) is 2. The second-order valence-electron chi connectivity index (χ2n) is 7.57. The summed E-state index contributed by atoms with van der Waals surface area (Å²) in [6.07, 6.45) is 4.23. The van der Waals surface area contributed by atoms with Crippen molar-refractivity contribution in [1.29, 1.82) is 0 Å². The Morgan fingerprint density at radius 1 is 1.34 bits per heavy atom. The Morgan fingerprint density at radius 2 is 2.21 bits per heavy atom. The van der Waals surface area contributed by atoms with Gasteiger partial charge in [-0.15, -0.1) is 0 Å². The first kappa shape index (κ1) is 18.0. The highest BCUT2D eigenvalue weighted by Gasteiger charge is 2.37. The van der Waals surface area contributed by atoms with Crippen LogP contribution in [-0.2, 0) is 16.1 Å². The van der Waals surface area contributed by atoms with Gasteiger partial charge in [0, 0.05) is 18.0 Å². The van der Waals surface area contributed by atoms with Gasteiger partial charge in [-0.25, -0.2) is 14.2 Å². The predicted octanol–water partition coefficient (Wildman–Crippen LogP) is 2.63. The van der Waals surface area contributed by atoms with E-state index in [1.165, 1.54) is 4.90 Å². The maximum absolute atomic E-state index is 13.3. The van der Waals surface area contributed by atoms with E-state index in [2.05, 4.69) is 10.3 Å². The molecule has 1 aliphatic carbocycles. The molecule has 3 aliphatic rings. The van der Waals surface area contributed by atoms with Crippen LogP contribution in [-0.4, -0.2) is 53.9 Å². The molecule has 9 heteroatoms. The zero-order chi connectivity index (χ0) is 20.0. The number of alkyl halides is 1. The molecule has 0 unspecified atom stereocenters. The summed E-state index contributed by atoms with van der Waals surface area (Å²) in [6.45, 7) is 0.296. The lowest BCUT2D eigenvalue weighted by atomic mass is 10.1. The lowest BCUT2D eigenvalue weighted by Crippen LogP contribution is -2.35. The lowest BCUT2D eigenvalue weighted by molar-refractivity contribution is -0.108. The van der Waals surface area contributed by atoms with Gasteiger partial charge in [-0.1, -0.05) is 0 Å². The van der Waals surface area contributed by atoms with Gasteiger partial charge in [0.05, 0.1) is 18.2 Å². The largest absolute Gasteiger partial charge is 0.491 e. The van der Waals surface area contributed by atoms with Crippen LogP contribution < -0.4 is 15.0 Å². The van der Waals surface area contributed by atoms with Crippen molar-refractivity contribution < 1.29 is 23.5 Å². The molecule has 2 fully saturated rings. The number of cyclic esters (lactones) is 1. The normalized spacial score (nSPS) is 21.5. The summed E-state index contributed by atoms with van der Waals surface area (Å²) in [5, 5.41) is 3.27. The molecule has 0 spiro atoms. The number of benzene rings is 1. The van der Waals surface area contributed by atoms with Gasteiger partial charge < -0.3 is 24.2 Å². The van der Waals surface area contributed by atoms with Gasteiger partial charge in [0.2, 0.25) is 0 Å². The van der Waals surface area contributed by atoms with Crippen LogP contribution in [0.5, 0.6) is 5.75 Å². The number of amides is 1. The summed E-state index contributed by atoms with van der Waals surface area (Å²) in [4.78, 5) is 29.2. The fourth-order valence-electron chi connectivity index (χ4n) is 3.84. The van der Waals surface area contributed by atoms with Crippen LogP contribution in [0.4, 0.5) is 20.7 Å². The Balaban J connectivity index is 1.46. The van der Waals surface area contributed by atoms with Crippen molar-refractivity contribution >= 4 is 23.9 Å². The Labute approximate surface area is 166 Å². The first-order chi connectivity index (χ1) is 14.2. The number of anilines is 2. The predicted molar refractivity (Wildman–Crippen MR) is 103 cm³/mol. The second-order valence-corrected chi connectivity index (χ2v) is 7.57. The van der Waals surface area contributed by atoms with Crippen molar-refractivity contribution in [2.24, 2.45) is 5.92 Å². The van der Waals surface area contributed by atoms with Gasteiger partial charge >= 0.3 is 6.09 Å². The van der Waals surface area contributed by atoms with Gasteiger partial charge in [0.15, 0.2) is 5.82 Å². The summed E-state index contributed by atoms with van der Waals surface area (Å²) < 4.78 is 26.0. The minimum atomic E-state index is -0.693. The molecule has 2 aliphatic heterocycles. The maximum atomic E-state index is 13.3. The van der Waals surface area contributed by atoms with Crippen molar-refractivity contribution in [2.45, 2.75) is 31.5 Å². The van der Waals surface area contributed by atoms with Gasteiger partial charge in [0.1, 0.15) is 43.8 Å². The molecule has 1 aromatic carbocycles. The number of nitrogens with one attached hydrogen (secondary N) is 1. The number of carbonyl (C=O) groups excluding carboxylic acids is 2. The van der Waals surface area contributed by atoms with Crippen molar-refractivity contribution in [3.8, 4) is 17.1 Å². The van der Waals surface area contributed by atoms with E-state index in [1.807, 2.05) is 22.8 Å².